The molecule has 2 aromatic rings. The highest BCUT2D eigenvalue weighted by Crippen LogP contribution is 2.34. The van der Waals surface area contributed by atoms with Crippen molar-refractivity contribution in [3.05, 3.63) is 69.6 Å². The third-order valence-corrected chi connectivity index (χ3v) is 5.75. The average Bonchev–Trinajstić information content (AvgIpc) is 2.94. The average molecular weight is 448 g/mol. The van der Waals surface area contributed by atoms with Crippen molar-refractivity contribution in [1.82, 2.24) is 4.90 Å². The Hall–Kier alpha value is -2.35. The molecular weight excluding hydrogens is 430 g/mol. The van der Waals surface area contributed by atoms with E-state index >= 15 is 0 Å². The van der Waals surface area contributed by atoms with Gasteiger partial charge in [-0.15, -0.1) is 0 Å². The van der Waals surface area contributed by atoms with Crippen molar-refractivity contribution in [2.75, 3.05) is 6.54 Å². The number of hydrogen-bond acceptors (Lipinski definition) is 5. The number of carboxylic acid groups (broad SMARTS) is 1. The summed E-state index contributed by atoms with van der Waals surface area (Å²) in [6.45, 7) is 0.642. The summed E-state index contributed by atoms with van der Waals surface area (Å²) in [4.78, 5) is 25.3. The minimum absolute atomic E-state index is 0.00369. The lowest BCUT2D eigenvalue weighted by Crippen LogP contribution is -2.29. The van der Waals surface area contributed by atoms with Gasteiger partial charge >= 0.3 is 5.97 Å². The first-order valence-electron chi connectivity index (χ1n) is 8.87. The lowest BCUT2D eigenvalue weighted by atomic mass is 10.1. The highest BCUT2D eigenvalue weighted by atomic mass is 35.5. The van der Waals surface area contributed by atoms with E-state index in [2.05, 4.69) is 0 Å². The molecule has 3 rings (SSSR count). The van der Waals surface area contributed by atoms with Crippen LogP contribution in [0, 0.1) is 0 Å². The number of halogens is 1. The molecule has 0 radical (unpaired) electrons. The Kier molecular flexibility index (Phi) is 7.30. The Morgan fingerprint density at radius 1 is 1.24 bits per heavy atom. The van der Waals surface area contributed by atoms with Gasteiger partial charge in [-0.05, 0) is 36.3 Å². The number of thiocarbonyl (C=S) groups is 1. The van der Waals surface area contributed by atoms with Crippen LogP contribution in [0.3, 0.4) is 0 Å². The van der Waals surface area contributed by atoms with E-state index in [0.717, 1.165) is 11.1 Å². The Morgan fingerprint density at radius 3 is 2.79 bits per heavy atom. The number of aliphatic carboxylic acids is 1. The predicted molar refractivity (Wildman–Crippen MR) is 119 cm³/mol. The SMILES string of the molecule is O=C(O)CCCN1C(=O)/C(=C/c2ccccc2OCc2cccc(Cl)c2)SC1=S. The molecule has 1 aliphatic heterocycles. The quantitative estimate of drug-likeness (QED) is 0.454. The molecule has 1 N–H and O–H groups in total. The summed E-state index contributed by atoms with van der Waals surface area (Å²) in [5, 5.41) is 9.41. The fraction of sp³-hybridized carbons (Fsp3) is 0.190. The zero-order chi connectivity index (χ0) is 20.8. The van der Waals surface area contributed by atoms with Crippen molar-refractivity contribution in [2.45, 2.75) is 19.4 Å². The van der Waals surface area contributed by atoms with Gasteiger partial charge in [0.1, 0.15) is 16.7 Å². The lowest BCUT2D eigenvalue weighted by Gasteiger charge is -2.13. The number of ether oxygens (including phenoxy) is 1. The second-order valence-corrected chi connectivity index (χ2v) is 8.40. The molecule has 1 fully saturated rings. The molecule has 0 unspecified atom stereocenters. The van der Waals surface area contributed by atoms with Crippen LogP contribution in [0.2, 0.25) is 5.02 Å². The molecule has 0 aliphatic carbocycles. The van der Waals surface area contributed by atoms with E-state index < -0.39 is 5.97 Å². The number of rotatable bonds is 8. The van der Waals surface area contributed by atoms with Gasteiger partial charge < -0.3 is 9.84 Å². The maximum Gasteiger partial charge on any atom is 0.303 e. The Balaban J connectivity index is 1.72. The number of para-hydroxylation sites is 1. The number of hydrogen-bond donors (Lipinski definition) is 1. The summed E-state index contributed by atoms with van der Waals surface area (Å²) < 4.78 is 6.37. The number of carboxylic acids is 1. The molecule has 29 heavy (non-hydrogen) atoms. The molecule has 2 aromatic carbocycles. The molecule has 1 amide bonds. The molecule has 0 spiro atoms. The van der Waals surface area contributed by atoms with Gasteiger partial charge in [0.2, 0.25) is 0 Å². The van der Waals surface area contributed by atoms with Crippen molar-refractivity contribution in [1.29, 1.82) is 0 Å². The maximum atomic E-state index is 12.7. The number of benzene rings is 2. The standard InChI is InChI=1S/C21H18ClNO4S2/c22-16-7-3-5-14(11-16)13-27-17-8-2-1-6-15(17)12-18-20(26)23(21(28)29-18)10-4-9-19(24)25/h1-3,5-8,11-12H,4,9-10,13H2,(H,24,25)/b18-12-. The van der Waals surface area contributed by atoms with Gasteiger partial charge in [-0.1, -0.05) is 65.9 Å². The minimum atomic E-state index is -0.892. The van der Waals surface area contributed by atoms with E-state index in [4.69, 9.17) is 33.7 Å². The Bertz CT molecular complexity index is 977. The van der Waals surface area contributed by atoms with Gasteiger partial charge in [0.05, 0.1) is 4.91 Å². The second kappa shape index (κ2) is 9.91. The van der Waals surface area contributed by atoms with Crippen LogP contribution in [0.1, 0.15) is 24.0 Å². The molecule has 150 valence electrons. The molecule has 1 saturated heterocycles. The molecule has 0 saturated carbocycles. The first kappa shape index (κ1) is 21.4. The van der Waals surface area contributed by atoms with Crippen LogP contribution in [0.25, 0.3) is 6.08 Å². The third-order valence-electron chi connectivity index (χ3n) is 4.13. The molecule has 0 aromatic heterocycles. The monoisotopic (exact) mass is 447 g/mol. The summed E-state index contributed by atoms with van der Waals surface area (Å²) in [6, 6.07) is 14.9. The molecule has 8 heteroatoms. The van der Waals surface area contributed by atoms with Crippen LogP contribution >= 0.6 is 35.6 Å². The minimum Gasteiger partial charge on any atom is -0.488 e. The van der Waals surface area contributed by atoms with Gasteiger partial charge in [-0.2, -0.15) is 0 Å². The zero-order valence-electron chi connectivity index (χ0n) is 15.3. The summed E-state index contributed by atoms with van der Waals surface area (Å²) in [6.07, 6.45) is 2.11. The summed E-state index contributed by atoms with van der Waals surface area (Å²) >= 11 is 12.5. The fourth-order valence-electron chi connectivity index (χ4n) is 2.74. The third kappa shape index (κ3) is 5.82. The van der Waals surface area contributed by atoms with Crippen molar-refractivity contribution >= 4 is 57.9 Å². The van der Waals surface area contributed by atoms with Crippen LogP contribution in [-0.4, -0.2) is 32.7 Å². The zero-order valence-corrected chi connectivity index (χ0v) is 17.7. The van der Waals surface area contributed by atoms with Crippen molar-refractivity contribution in [3.63, 3.8) is 0 Å². The van der Waals surface area contributed by atoms with Crippen molar-refractivity contribution < 1.29 is 19.4 Å². The van der Waals surface area contributed by atoms with Crippen LogP contribution in [-0.2, 0) is 16.2 Å². The highest BCUT2D eigenvalue weighted by molar-refractivity contribution is 8.26. The van der Waals surface area contributed by atoms with E-state index in [1.165, 1.54) is 16.7 Å². The Labute approximate surface area is 183 Å². The van der Waals surface area contributed by atoms with E-state index in [-0.39, 0.29) is 12.3 Å². The molecule has 1 heterocycles. The number of thioether (sulfide) groups is 1. The van der Waals surface area contributed by atoms with Crippen LogP contribution in [0.5, 0.6) is 5.75 Å². The first-order valence-corrected chi connectivity index (χ1v) is 10.5. The number of nitrogens with zero attached hydrogens (tertiary/aromatic N) is 1. The fourth-order valence-corrected chi connectivity index (χ4v) is 4.25. The molecule has 0 bridgehead atoms. The topological polar surface area (TPSA) is 66.8 Å². The molecule has 5 nitrogen and oxygen atoms in total. The number of carbonyl (C=O) groups excluding carboxylic acids is 1. The lowest BCUT2D eigenvalue weighted by molar-refractivity contribution is -0.137. The summed E-state index contributed by atoms with van der Waals surface area (Å²) in [5.41, 5.74) is 1.71. The molecular formula is C21H18ClNO4S2. The van der Waals surface area contributed by atoms with Crippen LogP contribution < -0.4 is 4.74 Å². The largest absolute Gasteiger partial charge is 0.488 e. The summed E-state index contributed by atoms with van der Waals surface area (Å²) in [7, 11) is 0. The van der Waals surface area contributed by atoms with Crippen LogP contribution in [0.4, 0.5) is 0 Å². The van der Waals surface area contributed by atoms with E-state index in [9.17, 15) is 9.59 Å². The smallest absolute Gasteiger partial charge is 0.303 e. The second-order valence-electron chi connectivity index (χ2n) is 6.29. The number of carbonyl (C=O) groups is 2. The highest BCUT2D eigenvalue weighted by Gasteiger charge is 2.31. The van der Waals surface area contributed by atoms with E-state index in [1.54, 1.807) is 12.1 Å². The first-order chi connectivity index (χ1) is 13.9. The Morgan fingerprint density at radius 2 is 2.03 bits per heavy atom. The normalized spacial score (nSPS) is 15.2. The van der Waals surface area contributed by atoms with E-state index in [0.29, 0.717) is 39.6 Å². The molecule has 1 aliphatic rings. The summed E-state index contributed by atoms with van der Waals surface area (Å²) in [5.74, 6) is -0.463. The van der Waals surface area contributed by atoms with Crippen molar-refractivity contribution in [2.24, 2.45) is 0 Å². The van der Waals surface area contributed by atoms with Gasteiger partial charge in [0, 0.05) is 23.6 Å². The maximum absolute atomic E-state index is 12.7. The van der Waals surface area contributed by atoms with Gasteiger partial charge in [0.15, 0.2) is 0 Å². The van der Waals surface area contributed by atoms with Gasteiger partial charge in [-0.25, -0.2) is 0 Å². The van der Waals surface area contributed by atoms with Crippen LogP contribution in [0.15, 0.2) is 53.4 Å². The van der Waals surface area contributed by atoms with Gasteiger partial charge in [-0.3, -0.25) is 14.5 Å². The van der Waals surface area contributed by atoms with E-state index in [1.807, 2.05) is 42.5 Å². The van der Waals surface area contributed by atoms with Crippen molar-refractivity contribution in [3.8, 4) is 5.75 Å². The molecule has 0 atom stereocenters. The van der Waals surface area contributed by atoms with Gasteiger partial charge in [0.25, 0.3) is 5.91 Å². The predicted octanol–water partition coefficient (Wildman–Crippen LogP) is 4.99. The number of amides is 1.